The Balaban J connectivity index is 1.75. The maximum absolute atomic E-state index is 14.6. The second kappa shape index (κ2) is 19.2. The Hall–Kier alpha value is -4.28. The van der Waals surface area contributed by atoms with Crippen molar-refractivity contribution in [2.24, 2.45) is 22.9 Å². The van der Waals surface area contributed by atoms with Crippen molar-refractivity contribution in [2.75, 3.05) is 45.3 Å². The van der Waals surface area contributed by atoms with Crippen LogP contribution in [0.1, 0.15) is 77.2 Å². The van der Waals surface area contributed by atoms with Gasteiger partial charge in [-0.05, 0) is 99.4 Å². The van der Waals surface area contributed by atoms with Gasteiger partial charge in [0.05, 0.1) is 29.2 Å². The van der Waals surface area contributed by atoms with E-state index in [0.717, 1.165) is 30.4 Å². The summed E-state index contributed by atoms with van der Waals surface area (Å²) in [6, 6.07) is 10.2. The molecule has 0 spiro atoms. The predicted molar refractivity (Wildman–Crippen MR) is 212 cm³/mol. The van der Waals surface area contributed by atoms with E-state index in [1.807, 2.05) is 13.0 Å². The number of rotatable bonds is 19. The molecule has 4 N–H and O–H groups in total. The molecule has 306 valence electrons. The number of likely N-dealkylation sites (N-methyl/N-ethyl adjacent to an activating group) is 1. The Morgan fingerprint density at radius 3 is 2.43 bits per heavy atom. The van der Waals surface area contributed by atoms with E-state index in [0.29, 0.717) is 48.7 Å². The number of oxime groups is 1. The monoisotopic (exact) mass is 796 g/mol. The molecule has 0 aromatic heterocycles. The van der Waals surface area contributed by atoms with Gasteiger partial charge in [-0.25, -0.2) is 13.2 Å². The Bertz CT molecular complexity index is 1870. The average molecular weight is 797 g/mol. The lowest BCUT2D eigenvalue weighted by Gasteiger charge is -2.59. The van der Waals surface area contributed by atoms with Crippen molar-refractivity contribution in [3.8, 4) is 11.5 Å². The second-order valence-corrected chi connectivity index (χ2v) is 16.3. The minimum atomic E-state index is -4.22. The predicted octanol–water partition coefficient (Wildman–Crippen LogP) is 5.73. The highest BCUT2D eigenvalue weighted by Gasteiger charge is 2.65. The molecule has 1 fully saturated rings. The minimum Gasteiger partial charge on any atom is -0.460 e. The van der Waals surface area contributed by atoms with Crippen molar-refractivity contribution < 1.29 is 47.3 Å². The summed E-state index contributed by atoms with van der Waals surface area (Å²) in [6.07, 6.45) is 7.48. The molecule has 2 aromatic rings. The maximum atomic E-state index is 14.6. The molecular weight excluding hydrogens is 741 g/mol. The average Bonchev–Trinajstić information content (AvgIpc) is 3.17. The largest absolute Gasteiger partial charge is 0.460 e. The molecule has 3 aliphatic rings. The number of carbonyl (C=O) groups is 2. The van der Waals surface area contributed by atoms with Gasteiger partial charge in [0.1, 0.15) is 18.1 Å². The Labute approximate surface area is 330 Å². The van der Waals surface area contributed by atoms with Crippen LogP contribution in [0.15, 0.2) is 76.8 Å². The zero-order chi connectivity index (χ0) is 40.5. The summed E-state index contributed by atoms with van der Waals surface area (Å²) in [4.78, 5) is 30.0. The number of aliphatic hydroxyl groups excluding tert-OH is 2. The number of nitrogens with one attached hydrogen (secondary N) is 2. The van der Waals surface area contributed by atoms with E-state index < -0.39 is 33.9 Å². The van der Waals surface area contributed by atoms with Gasteiger partial charge in [-0.1, -0.05) is 30.1 Å². The van der Waals surface area contributed by atoms with Crippen LogP contribution in [0.25, 0.3) is 0 Å². The van der Waals surface area contributed by atoms with Crippen LogP contribution in [-0.4, -0.2) is 92.5 Å². The smallest absolute Gasteiger partial charge is 0.412 e. The SMILES string of the molecule is C=CCOC12Oc3ccc(OC(=O)NCC)cc3C3C(CCCCO)C(CCCCO)C=C(C(=NOCC)CC1N(C)S(=O)(=O)c1ccc(NC(C)=O)cc1)C32. The number of aliphatic hydroxyl groups is 2. The third-order valence-electron chi connectivity index (χ3n) is 10.8. The van der Waals surface area contributed by atoms with Crippen molar-refractivity contribution in [1.29, 1.82) is 0 Å². The summed E-state index contributed by atoms with van der Waals surface area (Å²) in [5.74, 6) is -2.15. The van der Waals surface area contributed by atoms with Crippen LogP contribution < -0.4 is 20.1 Å². The van der Waals surface area contributed by atoms with Gasteiger partial charge >= 0.3 is 6.09 Å². The van der Waals surface area contributed by atoms with Gasteiger partial charge in [0.2, 0.25) is 21.7 Å². The fourth-order valence-electron chi connectivity index (χ4n) is 8.44. The van der Waals surface area contributed by atoms with Crippen LogP contribution in [0.2, 0.25) is 0 Å². The summed E-state index contributed by atoms with van der Waals surface area (Å²) in [5, 5.41) is 29.5. The van der Waals surface area contributed by atoms with E-state index in [-0.39, 0.29) is 61.4 Å². The molecule has 6 atom stereocenters. The van der Waals surface area contributed by atoms with E-state index in [1.165, 1.54) is 42.5 Å². The maximum Gasteiger partial charge on any atom is 0.412 e. The first-order chi connectivity index (χ1) is 26.9. The third-order valence-corrected chi connectivity index (χ3v) is 12.7. The van der Waals surface area contributed by atoms with Gasteiger partial charge in [-0.15, -0.1) is 6.58 Å². The number of anilines is 1. The third kappa shape index (κ3) is 9.13. The van der Waals surface area contributed by atoms with E-state index in [4.69, 9.17) is 19.0 Å². The quantitative estimate of drug-likeness (QED) is 0.0778. The number of benzene rings is 2. The molecule has 56 heavy (non-hydrogen) atoms. The molecule has 15 heteroatoms. The van der Waals surface area contributed by atoms with Gasteiger partial charge in [0.25, 0.3) is 0 Å². The van der Waals surface area contributed by atoms with Crippen molar-refractivity contribution in [2.45, 2.75) is 88.4 Å². The van der Waals surface area contributed by atoms with Crippen molar-refractivity contribution in [1.82, 2.24) is 9.62 Å². The minimum absolute atomic E-state index is 0.000484. The molecule has 1 aliphatic heterocycles. The molecule has 6 unspecified atom stereocenters. The molecule has 2 amide bonds. The number of fused-ring (bicyclic) bond motifs is 2. The molecule has 1 saturated carbocycles. The van der Waals surface area contributed by atoms with Crippen LogP contribution in [0.3, 0.4) is 0 Å². The number of hydrogen-bond donors (Lipinski definition) is 4. The van der Waals surface area contributed by atoms with Gasteiger partial charge < -0.3 is 39.9 Å². The van der Waals surface area contributed by atoms with Gasteiger partial charge in [-0.3, -0.25) is 4.79 Å². The fourth-order valence-corrected chi connectivity index (χ4v) is 9.81. The lowest BCUT2D eigenvalue weighted by molar-refractivity contribution is -0.250. The summed E-state index contributed by atoms with van der Waals surface area (Å²) < 4.78 is 50.1. The highest BCUT2D eigenvalue weighted by Crippen LogP contribution is 2.62. The summed E-state index contributed by atoms with van der Waals surface area (Å²) >= 11 is 0. The lowest BCUT2D eigenvalue weighted by atomic mass is 9.55. The number of hydrogen-bond acceptors (Lipinski definition) is 11. The number of nitrogens with zero attached hydrogens (tertiary/aromatic N) is 2. The first-order valence-corrected chi connectivity index (χ1v) is 20.9. The number of unbranched alkanes of at least 4 members (excludes halogenated alkanes) is 2. The highest BCUT2D eigenvalue weighted by atomic mass is 32.2. The Morgan fingerprint density at radius 1 is 1.07 bits per heavy atom. The molecule has 5 rings (SSSR count). The molecule has 14 nitrogen and oxygen atoms in total. The lowest BCUT2D eigenvalue weighted by Crippen LogP contribution is -2.69. The summed E-state index contributed by atoms with van der Waals surface area (Å²) in [7, 11) is -2.72. The van der Waals surface area contributed by atoms with Crippen LogP contribution in [0, 0.1) is 17.8 Å². The van der Waals surface area contributed by atoms with E-state index in [1.54, 1.807) is 25.1 Å². The van der Waals surface area contributed by atoms with Gasteiger partial charge in [0.15, 0.2) is 0 Å². The van der Waals surface area contributed by atoms with Crippen molar-refractivity contribution in [3.05, 3.63) is 72.3 Å². The zero-order valence-electron chi connectivity index (χ0n) is 32.7. The first-order valence-electron chi connectivity index (χ1n) is 19.5. The number of carbonyl (C=O) groups excluding carboxylic acids is 2. The molecule has 0 saturated heterocycles. The standard InChI is InChI=1S/C41H56N4O10S/c1-6-23-52-41-37(45(5)56(50,51)31-18-15-29(16-19-31)43-27(4)48)26-35(44-53-8-3)33-24-28(13-9-11-21-46)32(14-10-12-22-47)38(39(33)41)34-25-30(17-20-36(34)55-41)54-40(49)42-7-2/h6,15-20,24-25,28,32,37-39,46-47H,1,7-14,21-23,26H2,2-5H3,(H,42,49)(H,43,48). The van der Waals surface area contributed by atoms with E-state index >= 15 is 0 Å². The Kier molecular flexibility index (Phi) is 14.7. The Morgan fingerprint density at radius 2 is 1.79 bits per heavy atom. The topological polar surface area (TPSA) is 185 Å². The van der Waals surface area contributed by atoms with Gasteiger partial charge in [0, 0.05) is 57.3 Å². The van der Waals surface area contributed by atoms with Crippen LogP contribution >= 0.6 is 0 Å². The number of amides is 2. The molecule has 0 radical (unpaired) electrons. The number of allylic oxidation sites excluding steroid dienone is 1. The normalized spacial score (nSPS) is 24.7. The van der Waals surface area contributed by atoms with E-state index in [9.17, 15) is 28.2 Å². The molecule has 2 aliphatic carbocycles. The number of sulfonamides is 1. The van der Waals surface area contributed by atoms with Crippen LogP contribution in [-0.2, 0) is 24.4 Å². The molecule has 0 bridgehead atoms. The molecule has 2 aromatic carbocycles. The molecular formula is C41H56N4O10S. The first kappa shape index (κ1) is 42.9. The van der Waals surface area contributed by atoms with Crippen LogP contribution in [0.5, 0.6) is 11.5 Å². The van der Waals surface area contributed by atoms with Crippen molar-refractivity contribution in [3.63, 3.8) is 0 Å². The summed E-state index contributed by atoms with van der Waals surface area (Å²) in [6.45, 7) is 9.73. The second-order valence-electron chi connectivity index (χ2n) is 14.3. The fraction of sp³-hybridized carbons (Fsp3) is 0.537. The van der Waals surface area contributed by atoms with Crippen molar-refractivity contribution >= 4 is 33.4 Å². The van der Waals surface area contributed by atoms with Crippen LogP contribution in [0.4, 0.5) is 10.5 Å². The van der Waals surface area contributed by atoms with Gasteiger partial charge in [-0.2, -0.15) is 4.31 Å². The molecule has 1 heterocycles. The number of ether oxygens (including phenoxy) is 3. The van der Waals surface area contributed by atoms with E-state index in [2.05, 4.69) is 28.4 Å². The highest BCUT2D eigenvalue weighted by molar-refractivity contribution is 7.89. The summed E-state index contributed by atoms with van der Waals surface area (Å²) in [5.41, 5.74) is 2.62. The zero-order valence-corrected chi connectivity index (χ0v) is 33.6.